The van der Waals surface area contributed by atoms with Crippen LogP contribution in [-0.4, -0.2) is 20.9 Å². The van der Waals surface area contributed by atoms with Gasteiger partial charge < -0.3 is 5.32 Å². The minimum Gasteiger partial charge on any atom is -0.326 e. The van der Waals surface area contributed by atoms with Crippen molar-refractivity contribution in [3.63, 3.8) is 0 Å². The van der Waals surface area contributed by atoms with Gasteiger partial charge in [-0.05, 0) is 36.1 Å². The molecule has 6 heteroatoms. The summed E-state index contributed by atoms with van der Waals surface area (Å²) < 4.78 is 26.7. The highest BCUT2D eigenvalue weighted by Crippen LogP contribution is 2.18. The van der Waals surface area contributed by atoms with Gasteiger partial charge in [0.05, 0.1) is 4.90 Å². The van der Waals surface area contributed by atoms with Crippen molar-refractivity contribution >= 4 is 21.6 Å². The van der Waals surface area contributed by atoms with Crippen LogP contribution >= 0.6 is 0 Å². The Bertz CT molecular complexity index is 557. The summed E-state index contributed by atoms with van der Waals surface area (Å²) >= 11 is 0. The Kier molecular flexibility index (Phi) is 5.30. The number of carbonyl (C=O) groups excluding carboxylic acids is 1. The molecule has 1 rings (SSSR count). The van der Waals surface area contributed by atoms with E-state index in [1.165, 1.54) is 19.1 Å². The van der Waals surface area contributed by atoms with Gasteiger partial charge >= 0.3 is 0 Å². The van der Waals surface area contributed by atoms with Crippen LogP contribution in [0.25, 0.3) is 0 Å². The van der Waals surface area contributed by atoms with E-state index in [0.717, 1.165) is 6.42 Å². The molecule has 0 bridgehead atoms. The van der Waals surface area contributed by atoms with E-state index in [9.17, 15) is 13.2 Å². The summed E-state index contributed by atoms with van der Waals surface area (Å²) in [6.07, 6.45) is 0.760. The summed E-state index contributed by atoms with van der Waals surface area (Å²) in [7, 11) is -3.49. The molecule has 0 heterocycles. The van der Waals surface area contributed by atoms with Gasteiger partial charge in [-0.2, -0.15) is 0 Å². The van der Waals surface area contributed by atoms with Crippen LogP contribution in [0.1, 0.15) is 34.1 Å². The van der Waals surface area contributed by atoms with E-state index in [0.29, 0.717) is 12.2 Å². The van der Waals surface area contributed by atoms with E-state index >= 15 is 0 Å². The third-order valence-corrected chi connectivity index (χ3v) is 4.13. The molecule has 0 aliphatic carbocycles. The maximum Gasteiger partial charge on any atom is 0.240 e. The number of carbonyl (C=O) groups is 1. The Balaban J connectivity index is 2.70. The lowest BCUT2D eigenvalue weighted by Gasteiger charge is -2.18. The molecule has 0 aliphatic rings. The minimum absolute atomic E-state index is 0.0811. The Hall–Kier alpha value is -1.40. The minimum atomic E-state index is -3.49. The molecule has 0 aromatic heterocycles. The van der Waals surface area contributed by atoms with Crippen molar-refractivity contribution in [3.8, 4) is 0 Å². The molecule has 0 fully saturated rings. The van der Waals surface area contributed by atoms with Crippen molar-refractivity contribution in [3.05, 3.63) is 24.3 Å². The number of sulfonamides is 1. The van der Waals surface area contributed by atoms with Crippen LogP contribution < -0.4 is 10.0 Å². The third kappa shape index (κ3) is 5.71. The number of anilines is 1. The van der Waals surface area contributed by atoms with E-state index < -0.39 is 10.0 Å². The molecule has 0 aliphatic heterocycles. The van der Waals surface area contributed by atoms with Gasteiger partial charge in [0.25, 0.3) is 0 Å². The number of amides is 1. The molecule has 0 saturated carbocycles. The molecule has 112 valence electrons. The molecule has 0 spiro atoms. The molecule has 0 radical (unpaired) electrons. The highest BCUT2D eigenvalue weighted by atomic mass is 32.2. The van der Waals surface area contributed by atoms with Crippen molar-refractivity contribution in [2.45, 2.75) is 39.0 Å². The van der Waals surface area contributed by atoms with E-state index in [-0.39, 0.29) is 16.2 Å². The molecule has 20 heavy (non-hydrogen) atoms. The van der Waals surface area contributed by atoms with Crippen LogP contribution in [0, 0.1) is 5.41 Å². The number of nitrogens with one attached hydrogen (secondary N) is 2. The first-order valence-corrected chi connectivity index (χ1v) is 7.96. The van der Waals surface area contributed by atoms with Gasteiger partial charge in [-0.3, -0.25) is 4.79 Å². The summed E-state index contributed by atoms with van der Waals surface area (Å²) in [5.74, 6) is -0.191. The first kappa shape index (κ1) is 16.7. The summed E-state index contributed by atoms with van der Waals surface area (Å²) in [6.45, 7) is 7.98. The summed E-state index contributed by atoms with van der Waals surface area (Å²) in [5.41, 5.74) is 0.656. The second-order valence-corrected chi connectivity index (χ2v) is 7.68. The number of hydrogen-bond donors (Lipinski definition) is 2. The molecule has 0 atom stereocenters. The molecular formula is C14H22N2O3S. The fourth-order valence-electron chi connectivity index (χ4n) is 1.56. The molecule has 1 amide bonds. The Labute approximate surface area is 120 Å². The second kappa shape index (κ2) is 6.37. The van der Waals surface area contributed by atoms with Gasteiger partial charge in [0.2, 0.25) is 15.9 Å². The average Bonchev–Trinajstić information content (AvgIpc) is 2.26. The van der Waals surface area contributed by atoms with Crippen molar-refractivity contribution in [2.75, 3.05) is 11.9 Å². The van der Waals surface area contributed by atoms with Crippen LogP contribution in [0.2, 0.25) is 0 Å². The number of hydrogen-bond acceptors (Lipinski definition) is 3. The Morgan fingerprint density at radius 2 is 1.70 bits per heavy atom. The first-order chi connectivity index (χ1) is 9.10. The van der Waals surface area contributed by atoms with Gasteiger partial charge in [-0.15, -0.1) is 0 Å². The molecule has 0 saturated heterocycles. The zero-order chi connectivity index (χ0) is 15.4. The summed E-state index contributed by atoms with van der Waals surface area (Å²) in [5, 5.41) is 2.59. The third-order valence-electron chi connectivity index (χ3n) is 2.65. The number of rotatable bonds is 5. The molecular weight excluding hydrogens is 276 g/mol. The van der Waals surface area contributed by atoms with E-state index in [1.54, 1.807) is 12.1 Å². The first-order valence-electron chi connectivity index (χ1n) is 6.47. The fraction of sp³-hybridized carbons (Fsp3) is 0.500. The van der Waals surface area contributed by atoms with Crippen LogP contribution in [0.4, 0.5) is 5.69 Å². The van der Waals surface area contributed by atoms with Gasteiger partial charge in [-0.25, -0.2) is 13.1 Å². The Morgan fingerprint density at radius 1 is 1.15 bits per heavy atom. The summed E-state index contributed by atoms with van der Waals surface area (Å²) in [6, 6.07) is 6.09. The quantitative estimate of drug-likeness (QED) is 0.876. The van der Waals surface area contributed by atoms with Gasteiger partial charge in [0, 0.05) is 19.2 Å². The van der Waals surface area contributed by atoms with Gasteiger partial charge in [0.15, 0.2) is 0 Å². The lowest BCUT2D eigenvalue weighted by Crippen LogP contribution is -2.27. The zero-order valence-electron chi connectivity index (χ0n) is 12.4. The van der Waals surface area contributed by atoms with Crippen molar-refractivity contribution in [1.29, 1.82) is 0 Å². The lowest BCUT2D eigenvalue weighted by atomic mass is 9.93. The van der Waals surface area contributed by atoms with Crippen LogP contribution in [-0.2, 0) is 14.8 Å². The molecule has 1 aromatic rings. The van der Waals surface area contributed by atoms with E-state index in [1.807, 2.05) is 0 Å². The van der Waals surface area contributed by atoms with E-state index in [4.69, 9.17) is 0 Å². The van der Waals surface area contributed by atoms with Crippen LogP contribution in [0.3, 0.4) is 0 Å². The number of benzene rings is 1. The molecule has 5 nitrogen and oxygen atoms in total. The van der Waals surface area contributed by atoms with Crippen LogP contribution in [0.5, 0.6) is 0 Å². The molecule has 2 N–H and O–H groups in total. The SMILES string of the molecule is CC(=O)Nc1ccc(S(=O)(=O)NCCC(C)(C)C)cc1. The smallest absolute Gasteiger partial charge is 0.240 e. The van der Waals surface area contributed by atoms with Crippen LogP contribution in [0.15, 0.2) is 29.2 Å². The fourth-order valence-corrected chi connectivity index (χ4v) is 2.60. The van der Waals surface area contributed by atoms with E-state index in [2.05, 4.69) is 30.8 Å². The van der Waals surface area contributed by atoms with Crippen molar-refractivity contribution < 1.29 is 13.2 Å². The monoisotopic (exact) mass is 298 g/mol. The molecule has 1 aromatic carbocycles. The average molecular weight is 298 g/mol. The highest BCUT2D eigenvalue weighted by molar-refractivity contribution is 7.89. The van der Waals surface area contributed by atoms with Crippen molar-refractivity contribution in [1.82, 2.24) is 4.72 Å². The Morgan fingerprint density at radius 3 is 2.15 bits per heavy atom. The largest absolute Gasteiger partial charge is 0.326 e. The predicted molar refractivity (Wildman–Crippen MR) is 80.0 cm³/mol. The standard InChI is InChI=1S/C14H22N2O3S/c1-11(17)16-12-5-7-13(8-6-12)20(18,19)15-10-9-14(2,3)4/h5-8,15H,9-10H2,1-4H3,(H,16,17). The highest BCUT2D eigenvalue weighted by Gasteiger charge is 2.16. The van der Waals surface area contributed by atoms with Gasteiger partial charge in [-0.1, -0.05) is 20.8 Å². The maximum absolute atomic E-state index is 12.1. The van der Waals surface area contributed by atoms with Gasteiger partial charge in [0.1, 0.15) is 0 Å². The second-order valence-electron chi connectivity index (χ2n) is 5.91. The molecule has 0 unspecified atom stereocenters. The lowest BCUT2D eigenvalue weighted by molar-refractivity contribution is -0.114. The maximum atomic E-state index is 12.1. The normalized spacial score (nSPS) is 12.2. The topological polar surface area (TPSA) is 75.3 Å². The van der Waals surface area contributed by atoms with Crippen molar-refractivity contribution in [2.24, 2.45) is 5.41 Å². The zero-order valence-corrected chi connectivity index (χ0v) is 13.2. The predicted octanol–water partition coefficient (Wildman–Crippen LogP) is 2.36. The summed E-state index contributed by atoms with van der Waals surface area (Å²) in [4.78, 5) is 11.1.